The Bertz CT molecular complexity index is 1650. The van der Waals surface area contributed by atoms with Crippen molar-refractivity contribution in [1.29, 1.82) is 0 Å². The van der Waals surface area contributed by atoms with Gasteiger partial charge in [-0.15, -0.1) is 0 Å². The number of rotatable bonds is 14. The second-order valence-corrected chi connectivity index (χ2v) is 19.0. The number of carbonyl (C=O) groups excluding carboxylic acids is 6. The molecule has 5 rings (SSSR count). The van der Waals surface area contributed by atoms with E-state index in [0.29, 0.717) is 62.8 Å². The number of ether oxygens (including phenoxy) is 3. The summed E-state index contributed by atoms with van der Waals surface area (Å²) in [6, 6.07) is 4.07. The number of carbonyl (C=O) groups is 6. The van der Waals surface area contributed by atoms with E-state index in [9.17, 15) is 28.8 Å². The monoisotopic (exact) mass is 896 g/mol. The molecule has 1 aromatic rings. The van der Waals surface area contributed by atoms with E-state index in [1.807, 2.05) is 44.2 Å². The van der Waals surface area contributed by atoms with Gasteiger partial charge in [-0.1, -0.05) is 89.1 Å². The van der Waals surface area contributed by atoms with Crippen molar-refractivity contribution in [3.05, 3.63) is 35.9 Å². The summed E-state index contributed by atoms with van der Waals surface area (Å²) in [7, 11) is 1.65. The van der Waals surface area contributed by atoms with Gasteiger partial charge in [-0.3, -0.25) is 24.0 Å². The maximum absolute atomic E-state index is 14.6. The molecule has 0 aromatic heterocycles. The van der Waals surface area contributed by atoms with Crippen molar-refractivity contribution in [3.63, 3.8) is 0 Å². The zero-order valence-electron chi connectivity index (χ0n) is 38.8. The van der Waals surface area contributed by atoms with Crippen molar-refractivity contribution in [2.75, 3.05) is 40.0 Å². The standard InChI is InChI=1S/C48H77N7O9/c1-5-14-40-45(58)54-42(37-17-11-6-7-12-18-37)46(59)52-38(27-50-48(61)64-29-33-15-9-8-10-16-33)43(56)53-39(30-62-22-13-21-49)44(57)51-31(2)28-63-41(32(3)47(60)55(40)4)26-36-24-34-19-20-35(23-34)25-36/h8-10,15-16,31-32,34-42H,5-7,11-14,17-30,49H2,1-4H3,(H,50,61)(H,51,57)(H,52,59)(H,53,56)(H,54,58)/t31-,32-,34-,35+,36?,38+,39+,40+,41-,42+/m1/s1. The molecule has 2 bridgehead atoms. The summed E-state index contributed by atoms with van der Waals surface area (Å²) in [6.45, 7) is 5.74. The minimum absolute atomic E-state index is 0.0210. The first-order chi connectivity index (χ1) is 30.9. The van der Waals surface area contributed by atoms with Gasteiger partial charge in [0.1, 0.15) is 30.8 Å². The van der Waals surface area contributed by atoms with Gasteiger partial charge in [0.05, 0.1) is 31.8 Å². The number of nitrogens with two attached hydrogens (primary N) is 1. The Labute approximate surface area is 380 Å². The number of benzene rings is 1. The first-order valence-corrected chi connectivity index (χ1v) is 24.2. The summed E-state index contributed by atoms with van der Waals surface area (Å²) in [4.78, 5) is 86.6. The zero-order valence-corrected chi connectivity index (χ0v) is 38.8. The number of hydrogen-bond donors (Lipinski definition) is 6. The van der Waals surface area contributed by atoms with Gasteiger partial charge < -0.3 is 51.4 Å². The number of amides is 6. The van der Waals surface area contributed by atoms with Crippen LogP contribution in [0.3, 0.4) is 0 Å². The topological polar surface area (TPSA) is 220 Å². The highest BCUT2D eigenvalue weighted by molar-refractivity contribution is 5.96. The van der Waals surface area contributed by atoms with Gasteiger partial charge in [-0.05, 0) is 94.1 Å². The Morgan fingerprint density at radius 2 is 1.52 bits per heavy atom. The van der Waals surface area contributed by atoms with Crippen molar-refractivity contribution in [2.45, 2.75) is 160 Å². The molecule has 1 heterocycles. The molecule has 1 unspecified atom stereocenters. The number of fused-ring (bicyclic) bond motifs is 2. The van der Waals surface area contributed by atoms with Crippen LogP contribution in [0.1, 0.15) is 123 Å². The lowest BCUT2D eigenvalue weighted by atomic mass is 9.77. The summed E-state index contributed by atoms with van der Waals surface area (Å²) < 4.78 is 17.8. The third-order valence-corrected chi connectivity index (χ3v) is 13.8. The molecule has 6 amide bonds. The molecule has 1 aromatic carbocycles. The average Bonchev–Trinajstić information content (AvgIpc) is 3.43. The first kappa shape index (κ1) is 50.7. The Morgan fingerprint density at radius 1 is 0.844 bits per heavy atom. The smallest absolute Gasteiger partial charge is 0.407 e. The first-order valence-electron chi connectivity index (χ1n) is 24.2. The molecule has 64 heavy (non-hydrogen) atoms. The van der Waals surface area contributed by atoms with Crippen molar-refractivity contribution in [2.24, 2.45) is 35.3 Å². The summed E-state index contributed by atoms with van der Waals surface area (Å²) in [5.74, 6) is -1.64. The Kier molecular flexibility index (Phi) is 20.6. The van der Waals surface area contributed by atoms with Gasteiger partial charge in [0.25, 0.3) is 0 Å². The number of likely N-dealkylation sites (N-methyl/N-ethyl adjacent to an activating group) is 1. The second-order valence-electron chi connectivity index (χ2n) is 19.0. The molecule has 10 atom stereocenters. The van der Waals surface area contributed by atoms with E-state index in [2.05, 4.69) is 26.6 Å². The van der Waals surface area contributed by atoms with Gasteiger partial charge in [-0.25, -0.2) is 4.79 Å². The van der Waals surface area contributed by atoms with Gasteiger partial charge in [0.2, 0.25) is 29.5 Å². The van der Waals surface area contributed by atoms with Crippen LogP contribution >= 0.6 is 0 Å². The predicted octanol–water partition coefficient (Wildman–Crippen LogP) is 4.09. The molecule has 1 saturated heterocycles. The molecular weight excluding hydrogens is 819 g/mol. The SMILES string of the molecule is CCC[C@H]1C(=O)N[C@@H](C2CCCCCC2)C(=O)N[C@@H](CNC(=O)OCc2ccccc2)C(=O)N[C@@H](COCCCN)C(=O)N[C@H](C)CO[C@H](CC2C[C@H]3CC[C@@H](C2)C3)[C@@H](C)C(=O)N1C. The van der Waals surface area contributed by atoms with Crippen LogP contribution in [-0.2, 0) is 44.8 Å². The van der Waals surface area contributed by atoms with E-state index in [1.165, 1.54) is 24.2 Å². The Balaban J connectivity index is 1.46. The fourth-order valence-corrected chi connectivity index (χ4v) is 10.2. The minimum Gasteiger partial charge on any atom is -0.445 e. The number of hydrogen-bond acceptors (Lipinski definition) is 10. The van der Waals surface area contributed by atoms with Crippen LogP contribution in [0.5, 0.6) is 0 Å². The zero-order chi connectivity index (χ0) is 46.0. The van der Waals surface area contributed by atoms with Crippen molar-refractivity contribution in [1.82, 2.24) is 31.5 Å². The molecule has 16 heteroatoms. The molecule has 4 fully saturated rings. The van der Waals surface area contributed by atoms with Crippen LogP contribution in [0.4, 0.5) is 4.79 Å². The van der Waals surface area contributed by atoms with Crippen LogP contribution in [0.2, 0.25) is 0 Å². The van der Waals surface area contributed by atoms with Crippen LogP contribution in [0.15, 0.2) is 30.3 Å². The highest BCUT2D eigenvalue weighted by atomic mass is 16.5. The maximum atomic E-state index is 14.6. The van der Waals surface area contributed by atoms with E-state index in [-0.39, 0.29) is 44.8 Å². The largest absolute Gasteiger partial charge is 0.445 e. The summed E-state index contributed by atoms with van der Waals surface area (Å²) >= 11 is 0. The molecule has 16 nitrogen and oxygen atoms in total. The molecule has 1 aliphatic heterocycles. The van der Waals surface area contributed by atoms with Crippen LogP contribution < -0.4 is 32.3 Å². The summed E-state index contributed by atoms with van der Waals surface area (Å²) in [5, 5.41) is 14.2. The van der Waals surface area contributed by atoms with E-state index >= 15 is 0 Å². The van der Waals surface area contributed by atoms with Crippen molar-refractivity contribution < 1.29 is 43.0 Å². The van der Waals surface area contributed by atoms with Gasteiger partial charge in [0.15, 0.2) is 0 Å². The fraction of sp³-hybridized carbons (Fsp3) is 0.750. The van der Waals surface area contributed by atoms with E-state index in [4.69, 9.17) is 19.9 Å². The molecule has 4 aliphatic rings. The highest BCUT2D eigenvalue weighted by Gasteiger charge is 2.41. The molecule has 358 valence electrons. The minimum atomic E-state index is -1.39. The number of nitrogens with zero attached hydrogens (tertiary/aromatic N) is 1. The average molecular weight is 896 g/mol. The lowest BCUT2D eigenvalue weighted by Crippen LogP contribution is -2.62. The summed E-state index contributed by atoms with van der Waals surface area (Å²) in [6.07, 6.45) is 11.9. The third kappa shape index (κ3) is 15.4. The third-order valence-electron chi connectivity index (χ3n) is 13.8. The normalized spacial score (nSPS) is 30.7. The lowest BCUT2D eigenvalue weighted by molar-refractivity contribution is -0.147. The van der Waals surface area contributed by atoms with E-state index < -0.39 is 72.0 Å². The van der Waals surface area contributed by atoms with Gasteiger partial charge in [-0.2, -0.15) is 0 Å². The molecule has 3 saturated carbocycles. The second kappa shape index (κ2) is 26.0. The summed E-state index contributed by atoms with van der Waals surface area (Å²) in [5.41, 5.74) is 6.46. The number of nitrogens with one attached hydrogen (secondary N) is 5. The Hall–Kier alpha value is -4.28. The van der Waals surface area contributed by atoms with E-state index in [0.717, 1.165) is 44.1 Å². The molecule has 7 N–H and O–H groups in total. The lowest BCUT2D eigenvalue weighted by Gasteiger charge is -2.36. The predicted molar refractivity (Wildman–Crippen MR) is 242 cm³/mol. The van der Waals surface area contributed by atoms with Crippen LogP contribution in [0, 0.1) is 29.6 Å². The van der Waals surface area contributed by atoms with Crippen molar-refractivity contribution in [3.8, 4) is 0 Å². The van der Waals surface area contributed by atoms with Crippen LogP contribution in [-0.4, -0.2) is 117 Å². The van der Waals surface area contributed by atoms with Gasteiger partial charge in [0, 0.05) is 19.7 Å². The molecular formula is C48H77N7O9. The quantitative estimate of drug-likeness (QED) is 0.116. The fourth-order valence-electron chi connectivity index (χ4n) is 10.2. The van der Waals surface area contributed by atoms with E-state index in [1.54, 1.807) is 14.0 Å². The highest BCUT2D eigenvalue weighted by Crippen LogP contribution is 2.46. The number of alkyl carbamates (subject to hydrolysis) is 1. The van der Waals surface area contributed by atoms with Crippen LogP contribution in [0.25, 0.3) is 0 Å². The Morgan fingerprint density at radius 3 is 2.19 bits per heavy atom. The maximum Gasteiger partial charge on any atom is 0.407 e. The van der Waals surface area contributed by atoms with Gasteiger partial charge >= 0.3 is 6.09 Å². The molecule has 3 aliphatic carbocycles. The molecule has 0 spiro atoms. The van der Waals surface area contributed by atoms with Crippen molar-refractivity contribution >= 4 is 35.6 Å². The molecule has 0 radical (unpaired) electrons.